The molecule has 0 spiro atoms. The molecule has 0 fully saturated rings. The summed E-state index contributed by atoms with van der Waals surface area (Å²) >= 11 is 7.95. The Labute approximate surface area is 231 Å². The van der Waals surface area contributed by atoms with Crippen LogP contribution in [0.4, 0.5) is 28.8 Å². The van der Waals surface area contributed by atoms with Crippen molar-refractivity contribution in [3.8, 4) is 0 Å². The van der Waals surface area contributed by atoms with Crippen LogP contribution in [0.3, 0.4) is 0 Å². The topological polar surface area (TPSA) is 132 Å². The van der Waals surface area contributed by atoms with E-state index < -0.39 is 0 Å². The molecule has 1 heterocycles. The second-order valence-corrected chi connectivity index (χ2v) is 9.69. The molecular weight excluding hydrogens is 526 g/mol. The van der Waals surface area contributed by atoms with Gasteiger partial charge in [-0.05, 0) is 49.2 Å². The van der Waals surface area contributed by atoms with Gasteiger partial charge in [-0.2, -0.15) is 4.98 Å². The standard InChI is InChI=1S/C26H32ClN7O3S/c1-34(38-2)22-10-7-6-9-21(22)31-24-20(27)17-29-26(32-24)30-19-14-12-18(13-15-19)25(36)28-16-8-4-3-5-11-23(35)33-37/h6-7,9-10,12-15,17,37H,3-5,8,11,16H2,1-2H3,(H,28,36)(H,33,35)(H2,29,30,31,32). The summed E-state index contributed by atoms with van der Waals surface area (Å²) in [7, 11) is 1.98. The van der Waals surface area contributed by atoms with E-state index in [9.17, 15) is 9.59 Å². The van der Waals surface area contributed by atoms with Crippen molar-refractivity contribution < 1.29 is 14.8 Å². The molecule has 3 aromatic rings. The predicted octanol–water partition coefficient (Wildman–Crippen LogP) is 5.52. The van der Waals surface area contributed by atoms with Gasteiger partial charge in [0.2, 0.25) is 11.9 Å². The Morgan fingerprint density at radius 2 is 1.76 bits per heavy atom. The van der Waals surface area contributed by atoms with Crippen molar-refractivity contribution in [3.63, 3.8) is 0 Å². The first-order valence-electron chi connectivity index (χ1n) is 12.2. The van der Waals surface area contributed by atoms with Crippen LogP contribution >= 0.6 is 23.5 Å². The van der Waals surface area contributed by atoms with Crippen LogP contribution in [0.2, 0.25) is 5.02 Å². The number of unbranched alkanes of at least 4 members (excludes halogenated alkanes) is 3. The Morgan fingerprint density at radius 3 is 2.50 bits per heavy atom. The summed E-state index contributed by atoms with van der Waals surface area (Å²) in [5.41, 5.74) is 4.74. The van der Waals surface area contributed by atoms with Crippen LogP contribution in [0.25, 0.3) is 0 Å². The van der Waals surface area contributed by atoms with Crippen molar-refractivity contribution in [2.45, 2.75) is 32.1 Å². The predicted molar refractivity (Wildman–Crippen MR) is 154 cm³/mol. The lowest BCUT2D eigenvalue weighted by atomic mass is 10.1. The van der Waals surface area contributed by atoms with Crippen molar-refractivity contribution in [2.24, 2.45) is 0 Å². The summed E-state index contributed by atoms with van der Waals surface area (Å²) in [6.45, 7) is 0.551. The number of benzene rings is 2. The summed E-state index contributed by atoms with van der Waals surface area (Å²) in [4.78, 5) is 32.2. The number of halogens is 1. The Morgan fingerprint density at radius 1 is 1.03 bits per heavy atom. The molecule has 12 heteroatoms. The van der Waals surface area contributed by atoms with E-state index in [1.54, 1.807) is 41.7 Å². The minimum Gasteiger partial charge on any atom is -0.352 e. The fourth-order valence-electron chi connectivity index (χ4n) is 3.55. The van der Waals surface area contributed by atoms with Gasteiger partial charge in [0.05, 0.1) is 17.6 Å². The molecule has 0 radical (unpaired) electrons. The third-order valence-electron chi connectivity index (χ3n) is 5.66. The van der Waals surface area contributed by atoms with E-state index in [0.29, 0.717) is 41.7 Å². The van der Waals surface area contributed by atoms with E-state index in [-0.39, 0.29) is 11.8 Å². The highest BCUT2D eigenvalue weighted by molar-refractivity contribution is 7.99. The number of carbonyl (C=O) groups is 2. The number of hydrogen-bond acceptors (Lipinski definition) is 9. The van der Waals surface area contributed by atoms with Gasteiger partial charge in [0.25, 0.3) is 5.91 Å². The smallest absolute Gasteiger partial charge is 0.251 e. The van der Waals surface area contributed by atoms with Crippen LogP contribution in [0.1, 0.15) is 42.5 Å². The van der Waals surface area contributed by atoms with Gasteiger partial charge in [-0.25, -0.2) is 10.5 Å². The summed E-state index contributed by atoms with van der Waals surface area (Å²) < 4.78 is 2.04. The van der Waals surface area contributed by atoms with Crippen molar-refractivity contribution in [2.75, 3.05) is 34.8 Å². The van der Waals surface area contributed by atoms with Gasteiger partial charge >= 0.3 is 0 Å². The molecule has 1 aromatic heterocycles. The van der Waals surface area contributed by atoms with Crippen LogP contribution in [0.5, 0.6) is 0 Å². The van der Waals surface area contributed by atoms with Gasteiger partial charge in [-0.3, -0.25) is 14.8 Å². The van der Waals surface area contributed by atoms with Gasteiger partial charge in [0, 0.05) is 37.5 Å². The van der Waals surface area contributed by atoms with Crippen molar-refractivity contribution in [1.29, 1.82) is 0 Å². The Kier molecular flexibility index (Phi) is 11.5. The van der Waals surface area contributed by atoms with E-state index in [0.717, 1.165) is 36.3 Å². The number of nitrogens with one attached hydrogen (secondary N) is 4. The van der Waals surface area contributed by atoms with Crippen LogP contribution in [0, 0.1) is 0 Å². The lowest BCUT2D eigenvalue weighted by molar-refractivity contribution is -0.129. The first kappa shape index (κ1) is 29.0. The molecule has 0 unspecified atom stereocenters. The summed E-state index contributed by atoms with van der Waals surface area (Å²) in [5, 5.41) is 18.2. The number of nitrogens with zero attached hydrogens (tertiary/aromatic N) is 3. The molecule has 2 aromatic carbocycles. The van der Waals surface area contributed by atoms with Gasteiger partial charge < -0.3 is 20.3 Å². The number of rotatable bonds is 14. The van der Waals surface area contributed by atoms with Gasteiger partial charge in [-0.1, -0.05) is 48.5 Å². The average molecular weight is 558 g/mol. The first-order chi connectivity index (χ1) is 18.4. The number of carbonyl (C=O) groups excluding carboxylic acids is 2. The molecule has 0 atom stereocenters. The van der Waals surface area contributed by atoms with Crippen LogP contribution in [-0.2, 0) is 4.79 Å². The number of anilines is 5. The second-order valence-electron chi connectivity index (χ2n) is 8.37. The third-order valence-corrected chi connectivity index (χ3v) is 6.68. The average Bonchev–Trinajstić information content (AvgIpc) is 2.94. The maximum atomic E-state index is 12.4. The van der Waals surface area contributed by atoms with Gasteiger partial charge in [-0.15, -0.1) is 0 Å². The molecule has 0 aliphatic carbocycles. The zero-order valence-corrected chi connectivity index (χ0v) is 22.9. The quantitative estimate of drug-likeness (QED) is 0.0752. The highest BCUT2D eigenvalue weighted by Crippen LogP contribution is 2.32. The normalized spacial score (nSPS) is 10.5. The Bertz CT molecular complexity index is 1210. The van der Waals surface area contributed by atoms with E-state index in [1.165, 1.54) is 6.20 Å². The number of amides is 2. The molecule has 3 rings (SSSR count). The lowest BCUT2D eigenvalue weighted by Crippen LogP contribution is -2.24. The molecule has 0 aliphatic rings. The van der Waals surface area contributed by atoms with E-state index in [2.05, 4.69) is 25.9 Å². The fraction of sp³-hybridized carbons (Fsp3) is 0.308. The third kappa shape index (κ3) is 8.79. The SMILES string of the molecule is CSN(C)c1ccccc1Nc1nc(Nc2ccc(C(=O)NCCCCCCC(=O)NO)cc2)ncc1Cl. The molecule has 202 valence electrons. The Hall–Kier alpha value is -3.54. The molecule has 0 bridgehead atoms. The summed E-state index contributed by atoms with van der Waals surface area (Å²) in [6.07, 6.45) is 7.09. The highest BCUT2D eigenvalue weighted by Gasteiger charge is 2.12. The second kappa shape index (κ2) is 15.0. The van der Waals surface area contributed by atoms with E-state index >= 15 is 0 Å². The first-order valence-corrected chi connectivity index (χ1v) is 13.7. The molecule has 0 aliphatic heterocycles. The lowest BCUT2D eigenvalue weighted by Gasteiger charge is -2.20. The molecule has 2 amide bonds. The summed E-state index contributed by atoms with van der Waals surface area (Å²) in [6, 6.07) is 14.9. The zero-order chi connectivity index (χ0) is 27.3. The monoisotopic (exact) mass is 557 g/mol. The molecule has 38 heavy (non-hydrogen) atoms. The Balaban J connectivity index is 1.53. The van der Waals surface area contributed by atoms with Gasteiger partial charge in [0.15, 0.2) is 5.82 Å². The molecule has 10 nitrogen and oxygen atoms in total. The minimum atomic E-state index is -0.378. The number of hydrogen-bond donors (Lipinski definition) is 5. The fourth-order valence-corrected chi connectivity index (χ4v) is 4.05. The molecular formula is C26H32ClN7O3S. The maximum Gasteiger partial charge on any atom is 0.251 e. The van der Waals surface area contributed by atoms with Crippen molar-refractivity contribution >= 4 is 64.2 Å². The van der Waals surface area contributed by atoms with Gasteiger partial charge in [0.1, 0.15) is 5.02 Å². The van der Waals surface area contributed by atoms with Crippen molar-refractivity contribution in [3.05, 3.63) is 65.3 Å². The molecule has 0 saturated heterocycles. The summed E-state index contributed by atoms with van der Waals surface area (Å²) in [5.74, 6) is 0.302. The largest absolute Gasteiger partial charge is 0.352 e. The van der Waals surface area contributed by atoms with Crippen LogP contribution < -0.4 is 25.7 Å². The molecule has 0 saturated carbocycles. The number of hydroxylamine groups is 1. The number of aromatic nitrogens is 2. The van der Waals surface area contributed by atoms with E-state index in [4.69, 9.17) is 16.8 Å². The molecule has 5 N–H and O–H groups in total. The van der Waals surface area contributed by atoms with Crippen LogP contribution in [0.15, 0.2) is 54.7 Å². The number of para-hydroxylation sites is 2. The van der Waals surface area contributed by atoms with E-state index in [1.807, 2.05) is 41.9 Å². The highest BCUT2D eigenvalue weighted by atomic mass is 35.5. The minimum absolute atomic E-state index is 0.153. The zero-order valence-electron chi connectivity index (χ0n) is 21.3. The maximum absolute atomic E-state index is 12.4. The van der Waals surface area contributed by atoms with Crippen LogP contribution in [-0.4, -0.2) is 46.8 Å². The van der Waals surface area contributed by atoms with Crippen molar-refractivity contribution in [1.82, 2.24) is 20.8 Å².